The van der Waals surface area contributed by atoms with E-state index in [2.05, 4.69) is 9.88 Å². The molecular weight excluding hydrogens is 458 g/mol. The van der Waals surface area contributed by atoms with Crippen LogP contribution in [0.25, 0.3) is 0 Å². The summed E-state index contributed by atoms with van der Waals surface area (Å²) in [5.41, 5.74) is 1.07. The number of aryl methyl sites for hydroxylation is 1. The van der Waals surface area contributed by atoms with Crippen molar-refractivity contribution in [3.8, 4) is 5.75 Å². The van der Waals surface area contributed by atoms with Crippen molar-refractivity contribution in [1.82, 2.24) is 10.1 Å². The second-order valence-corrected chi connectivity index (χ2v) is 9.99. The summed E-state index contributed by atoms with van der Waals surface area (Å²) in [5, 5.41) is 14.5. The smallest absolute Gasteiger partial charge is 0.263 e. The highest BCUT2D eigenvalue weighted by atomic mass is 32.2. The Morgan fingerprint density at radius 1 is 1.18 bits per heavy atom. The highest BCUT2D eigenvalue weighted by Gasteiger charge is 2.29. The summed E-state index contributed by atoms with van der Waals surface area (Å²) >= 11 is 0. The molecule has 0 aliphatic carbocycles. The lowest BCUT2D eigenvalue weighted by Gasteiger charge is -2.34. The standard InChI is InChI=1S/C24H27N3O6S/c1-16-13-22(25-33-16)26-34(30,31)21-8-4-6-19(15-21)24(29)27-11-9-17(10-12-27)23(28)18-5-3-7-20(14-18)32-2/h3-8,13-15,17,23,28H,9-12H2,1-2H3,(H,25,26). The van der Waals surface area contributed by atoms with Gasteiger partial charge in [0.05, 0.1) is 18.1 Å². The summed E-state index contributed by atoms with van der Waals surface area (Å²) in [4.78, 5) is 14.7. The van der Waals surface area contributed by atoms with E-state index in [1.165, 1.54) is 24.3 Å². The van der Waals surface area contributed by atoms with E-state index >= 15 is 0 Å². The minimum atomic E-state index is -3.93. The van der Waals surface area contributed by atoms with Crippen LogP contribution in [0.3, 0.4) is 0 Å². The Bertz CT molecular complexity index is 1260. The SMILES string of the molecule is COc1cccc(C(O)C2CCN(C(=O)c3cccc(S(=O)(=O)Nc4cc(C)on4)c3)CC2)c1. The summed E-state index contributed by atoms with van der Waals surface area (Å²) in [7, 11) is -2.35. The third-order valence-corrected chi connectivity index (χ3v) is 7.32. The van der Waals surface area contributed by atoms with Crippen molar-refractivity contribution < 1.29 is 27.6 Å². The predicted octanol–water partition coefficient (Wildman–Crippen LogP) is 3.38. The van der Waals surface area contributed by atoms with Gasteiger partial charge < -0.3 is 19.3 Å². The van der Waals surface area contributed by atoms with Crippen LogP contribution in [0.1, 0.15) is 40.6 Å². The monoisotopic (exact) mass is 485 g/mol. The number of nitrogens with one attached hydrogen (secondary N) is 1. The molecule has 2 heterocycles. The van der Waals surface area contributed by atoms with Crippen LogP contribution in [-0.4, -0.2) is 49.7 Å². The zero-order valence-electron chi connectivity index (χ0n) is 19.0. The quantitative estimate of drug-likeness (QED) is 0.526. The van der Waals surface area contributed by atoms with Gasteiger partial charge in [-0.05, 0) is 61.6 Å². The number of nitrogens with zero attached hydrogens (tertiary/aromatic N) is 2. The molecule has 2 aromatic carbocycles. The minimum absolute atomic E-state index is 0.0120. The number of aromatic nitrogens is 1. The number of anilines is 1. The average Bonchev–Trinajstić information content (AvgIpc) is 3.27. The molecule has 2 N–H and O–H groups in total. The zero-order chi connectivity index (χ0) is 24.3. The molecule has 4 rings (SSSR count). The molecule has 0 spiro atoms. The van der Waals surface area contributed by atoms with Crippen LogP contribution < -0.4 is 9.46 Å². The Morgan fingerprint density at radius 2 is 1.91 bits per heavy atom. The lowest BCUT2D eigenvalue weighted by atomic mass is 9.87. The maximum Gasteiger partial charge on any atom is 0.263 e. The molecule has 10 heteroatoms. The molecule has 0 radical (unpaired) electrons. The lowest BCUT2D eigenvalue weighted by Crippen LogP contribution is -2.39. The number of ether oxygens (including phenoxy) is 1. The first-order valence-electron chi connectivity index (χ1n) is 10.9. The third-order valence-electron chi connectivity index (χ3n) is 5.97. The molecule has 0 saturated carbocycles. The van der Waals surface area contributed by atoms with E-state index in [0.29, 0.717) is 37.4 Å². The highest BCUT2D eigenvalue weighted by Crippen LogP contribution is 2.32. The Kier molecular flexibility index (Phi) is 6.90. The number of carbonyl (C=O) groups excluding carboxylic acids is 1. The number of methoxy groups -OCH3 is 1. The summed E-state index contributed by atoms with van der Waals surface area (Å²) in [6.07, 6.45) is 0.622. The second kappa shape index (κ2) is 9.86. The fraction of sp³-hybridized carbons (Fsp3) is 0.333. The second-order valence-electron chi connectivity index (χ2n) is 8.31. The average molecular weight is 486 g/mol. The third kappa shape index (κ3) is 5.23. The number of aliphatic hydroxyl groups is 1. The number of piperidine rings is 1. The summed E-state index contributed by atoms with van der Waals surface area (Å²) in [5.74, 6) is 1.00. The van der Waals surface area contributed by atoms with Crippen molar-refractivity contribution in [3.63, 3.8) is 0 Å². The maximum absolute atomic E-state index is 13.1. The number of benzene rings is 2. The van der Waals surface area contributed by atoms with Gasteiger partial charge in [0, 0.05) is 24.7 Å². The molecule has 1 unspecified atom stereocenters. The van der Waals surface area contributed by atoms with E-state index in [1.807, 2.05) is 24.3 Å². The minimum Gasteiger partial charge on any atom is -0.497 e. The first-order valence-corrected chi connectivity index (χ1v) is 12.4. The van der Waals surface area contributed by atoms with E-state index in [4.69, 9.17) is 9.26 Å². The number of rotatable bonds is 7. The van der Waals surface area contributed by atoms with E-state index in [1.54, 1.807) is 25.0 Å². The van der Waals surface area contributed by atoms with Gasteiger partial charge in [0.15, 0.2) is 5.82 Å². The first-order chi connectivity index (χ1) is 16.3. The summed E-state index contributed by atoms with van der Waals surface area (Å²) in [6.45, 7) is 2.60. The van der Waals surface area contributed by atoms with Gasteiger partial charge in [0.1, 0.15) is 11.5 Å². The van der Waals surface area contributed by atoms with Crippen molar-refractivity contribution in [3.05, 3.63) is 71.5 Å². The maximum atomic E-state index is 13.1. The molecule has 34 heavy (non-hydrogen) atoms. The highest BCUT2D eigenvalue weighted by molar-refractivity contribution is 7.92. The van der Waals surface area contributed by atoms with Crippen LogP contribution in [-0.2, 0) is 10.0 Å². The molecule has 180 valence electrons. The van der Waals surface area contributed by atoms with Gasteiger partial charge in [-0.3, -0.25) is 9.52 Å². The fourth-order valence-electron chi connectivity index (χ4n) is 4.11. The van der Waals surface area contributed by atoms with Crippen molar-refractivity contribution in [2.45, 2.75) is 30.8 Å². The van der Waals surface area contributed by atoms with Gasteiger partial charge in [-0.25, -0.2) is 8.42 Å². The van der Waals surface area contributed by atoms with Crippen LogP contribution in [0.2, 0.25) is 0 Å². The van der Waals surface area contributed by atoms with E-state index in [9.17, 15) is 18.3 Å². The number of likely N-dealkylation sites (tertiary alicyclic amines) is 1. The van der Waals surface area contributed by atoms with Crippen LogP contribution in [0.5, 0.6) is 5.75 Å². The van der Waals surface area contributed by atoms with Gasteiger partial charge in [-0.2, -0.15) is 0 Å². The van der Waals surface area contributed by atoms with E-state index < -0.39 is 16.1 Å². The predicted molar refractivity (Wildman–Crippen MR) is 125 cm³/mol. The Hall–Kier alpha value is -3.37. The molecule has 1 aromatic heterocycles. The van der Waals surface area contributed by atoms with Crippen LogP contribution in [0, 0.1) is 12.8 Å². The fourth-order valence-corrected chi connectivity index (χ4v) is 5.14. The normalized spacial score (nSPS) is 15.7. The molecule has 1 amide bonds. The van der Waals surface area contributed by atoms with Gasteiger partial charge in [-0.1, -0.05) is 23.4 Å². The number of carbonyl (C=O) groups is 1. The van der Waals surface area contributed by atoms with Crippen LogP contribution >= 0.6 is 0 Å². The first kappa shape index (κ1) is 23.8. The van der Waals surface area contributed by atoms with Gasteiger partial charge in [-0.15, -0.1) is 0 Å². The number of sulfonamides is 1. The van der Waals surface area contributed by atoms with Gasteiger partial charge in [0.25, 0.3) is 15.9 Å². The summed E-state index contributed by atoms with van der Waals surface area (Å²) in [6, 6.07) is 14.7. The molecule has 1 saturated heterocycles. The van der Waals surface area contributed by atoms with Crippen molar-refractivity contribution in [2.75, 3.05) is 24.9 Å². The van der Waals surface area contributed by atoms with Crippen LogP contribution in [0.15, 0.2) is 64.0 Å². The molecule has 1 atom stereocenters. The van der Waals surface area contributed by atoms with Gasteiger partial charge >= 0.3 is 0 Å². The zero-order valence-corrected chi connectivity index (χ0v) is 19.8. The Morgan fingerprint density at radius 3 is 2.59 bits per heavy atom. The van der Waals surface area contributed by atoms with Crippen LogP contribution in [0.4, 0.5) is 5.82 Å². The van der Waals surface area contributed by atoms with Crippen molar-refractivity contribution in [2.24, 2.45) is 5.92 Å². The Labute approximate surface area is 198 Å². The number of amides is 1. The van der Waals surface area contributed by atoms with E-state index in [0.717, 1.165) is 5.56 Å². The molecule has 0 bridgehead atoms. The molecule has 1 fully saturated rings. The molecule has 1 aliphatic heterocycles. The Balaban J connectivity index is 1.41. The molecule has 3 aromatic rings. The molecular formula is C24H27N3O6S. The number of hydrogen-bond acceptors (Lipinski definition) is 7. The molecule has 9 nitrogen and oxygen atoms in total. The largest absolute Gasteiger partial charge is 0.497 e. The molecule has 1 aliphatic rings. The van der Waals surface area contributed by atoms with Crippen molar-refractivity contribution in [1.29, 1.82) is 0 Å². The topological polar surface area (TPSA) is 122 Å². The summed E-state index contributed by atoms with van der Waals surface area (Å²) < 4.78 is 37.9. The van der Waals surface area contributed by atoms with Gasteiger partial charge in [0.2, 0.25) is 0 Å². The van der Waals surface area contributed by atoms with E-state index in [-0.39, 0.29) is 28.1 Å². The number of hydrogen-bond donors (Lipinski definition) is 2. The van der Waals surface area contributed by atoms with Crippen molar-refractivity contribution >= 4 is 21.7 Å². The lowest BCUT2D eigenvalue weighted by molar-refractivity contribution is 0.0461. The number of aliphatic hydroxyl groups excluding tert-OH is 1.